The van der Waals surface area contributed by atoms with Gasteiger partial charge in [0.2, 0.25) is 0 Å². The third-order valence-corrected chi connectivity index (χ3v) is 9.15. The summed E-state index contributed by atoms with van der Waals surface area (Å²) in [5.74, 6) is -1.65. The number of nitrogen functional groups attached to an aromatic ring is 1. The van der Waals surface area contributed by atoms with Gasteiger partial charge in [-0.3, -0.25) is 4.79 Å². The summed E-state index contributed by atoms with van der Waals surface area (Å²) in [6.07, 6.45) is 2.68. The monoisotopic (exact) mass is 561 g/mol. The second-order valence-electron chi connectivity index (χ2n) is 9.61. The van der Waals surface area contributed by atoms with Gasteiger partial charge in [0.1, 0.15) is 29.5 Å². The topological polar surface area (TPSA) is 139 Å². The number of hydrogen-bond donors (Lipinski definition) is 2. The molecule has 1 fully saturated rings. The molecule has 3 N–H and O–H groups in total. The third-order valence-electron chi connectivity index (χ3n) is 6.79. The molecule has 2 aromatic heterocycles. The predicted octanol–water partition coefficient (Wildman–Crippen LogP) is 5.44. The van der Waals surface area contributed by atoms with Crippen molar-refractivity contribution in [3.8, 4) is 28.5 Å². The van der Waals surface area contributed by atoms with E-state index in [1.54, 1.807) is 36.7 Å². The van der Waals surface area contributed by atoms with Crippen LogP contribution in [0.15, 0.2) is 53.2 Å². The maximum atomic E-state index is 15.4. The van der Waals surface area contributed by atoms with E-state index in [-0.39, 0.29) is 28.2 Å². The first-order chi connectivity index (χ1) is 19.0. The molecule has 1 amide bonds. The van der Waals surface area contributed by atoms with Crippen molar-refractivity contribution in [1.82, 2.24) is 14.5 Å². The van der Waals surface area contributed by atoms with Crippen molar-refractivity contribution < 1.29 is 17.8 Å². The summed E-state index contributed by atoms with van der Waals surface area (Å²) in [4.78, 5) is 20.6. The average Bonchev–Trinajstić information content (AvgIpc) is 3.48. The van der Waals surface area contributed by atoms with E-state index in [1.165, 1.54) is 6.33 Å². The number of nitrogens with two attached hydrogens (primary N) is 1. The molecule has 0 radical (unpaired) electrons. The molecule has 0 bridgehead atoms. The summed E-state index contributed by atoms with van der Waals surface area (Å²) in [5.41, 5.74) is 8.22. The van der Waals surface area contributed by atoms with Crippen LogP contribution in [-0.2, 0) is 21.6 Å². The summed E-state index contributed by atoms with van der Waals surface area (Å²) >= 11 is 0. The fourth-order valence-electron chi connectivity index (χ4n) is 4.83. The molecule has 5 rings (SSSR count). The zero-order valence-corrected chi connectivity index (χ0v) is 22.6. The minimum absolute atomic E-state index is 0.0937. The number of hydrogen-bond acceptors (Lipinski definition) is 7. The van der Waals surface area contributed by atoms with E-state index in [0.29, 0.717) is 52.2 Å². The van der Waals surface area contributed by atoms with Crippen molar-refractivity contribution >= 4 is 43.9 Å². The Kier molecular flexibility index (Phi) is 6.85. The quantitative estimate of drug-likeness (QED) is 0.311. The number of carbonyl (C=O) groups is 1. The highest BCUT2D eigenvalue weighted by Gasteiger charge is 2.26. The maximum absolute atomic E-state index is 15.4. The van der Waals surface area contributed by atoms with E-state index < -0.39 is 33.0 Å². The van der Waals surface area contributed by atoms with E-state index in [4.69, 9.17) is 5.73 Å². The average molecular weight is 562 g/mol. The Morgan fingerprint density at radius 2 is 1.85 bits per heavy atom. The predicted molar refractivity (Wildman–Crippen MR) is 151 cm³/mol. The minimum atomic E-state index is -2.71. The molecule has 1 aliphatic rings. The molecule has 1 aliphatic heterocycles. The van der Waals surface area contributed by atoms with E-state index in [0.717, 1.165) is 12.1 Å². The highest BCUT2D eigenvalue weighted by atomic mass is 32.2. The lowest BCUT2D eigenvalue weighted by Gasteiger charge is -2.13. The van der Waals surface area contributed by atoms with Crippen LogP contribution in [0.3, 0.4) is 0 Å². The first-order valence-electron chi connectivity index (χ1n) is 12.3. The van der Waals surface area contributed by atoms with Gasteiger partial charge in [-0.15, -0.1) is 0 Å². The highest BCUT2D eigenvalue weighted by molar-refractivity contribution is 7.93. The molecule has 9 nitrogen and oxygen atoms in total. The maximum Gasteiger partial charge on any atom is 0.250 e. The summed E-state index contributed by atoms with van der Waals surface area (Å²) < 4.78 is 49.4. The highest BCUT2D eigenvalue weighted by Crippen LogP contribution is 2.43. The third kappa shape index (κ3) is 4.69. The molecule has 0 saturated carbocycles. The first kappa shape index (κ1) is 27.0. The van der Waals surface area contributed by atoms with Gasteiger partial charge < -0.3 is 15.6 Å². The number of amides is 1. The molecule has 12 heteroatoms. The van der Waals surface area contributed by atoms with Crippen LogP contribution in [0.25, 0.3) is 33.4 Å². The van der Waals surface area contributed by atoms with Crippen molar-refractivity contribution in [2.75, 3.05) is 22.6 Å². The van der Waals surface area contributed by atoms with Crippen molar-refractivity contribution in [3.63, 3.8) is 0 Å². The standard InChI is InChI=1S/C28H25F2N7O2S/c1-15(2)28(38)35-21-7-6-16(10-18(21)13-31)25-22(23-26(32)33-14-34-27(23)37(25)3)17-11-19(29)24(20(30)12-17)36-40(39)8-4-5-9-40/h6-7,10-12,14H,1,4-5,8-9H2,2-3H3,(H,35,38)(H2,32,33,34). The van der Waals surface area contributed by atoms with Crippen LogP contribution in [0.2, 0.25) is 0 Å². The van der Waals surface area contributed by atoms with E-state index >= 15 is 8.78 Å². The number of carbonyl (C=O) groups excluding carboxylic acids is 1. The van der Waals surface area contributed by atoms with Gasteiger partial charge in [-0.25, -0.2) is 23.0 Å². The number of fused-ring (bicyclic) bond motifs is 1. The molecule has 0 spiro atoms. The molecule has 0 atom stereocenters. The summed E-state index contributed by atoms with van der Waals surface area (Å²) in [5, 5.41) is 12.8. The second-order valence-corrected chi connectivity index (χ2v) is 12.2. The van der Waals surface area contributed by atoms with E-state index in [1.807, 2.05) is 0 Å². The molecular formula is C28H25F2N7O2S. The van der Waals surface area contributed by atoms with Gasteiger partial charge in [-0.05, 0) is 49.6 Å². The van der Waals surface area contributed by atoms with Gasteiger partial charge in [0.25, 0.3) is 5.91 Å². The fourth-order valence-corrected chi connectivity index (χ4v) is 7.03. The molecule has 3 heterocycles. The first-order valence-corrected chi connectivity index (χ1v) is 14.2. The Hall–Kier alpha value is -4.63. The Morgan fingerprint density at radius 1 is 1.18 bits per heavy atom. The summed E-state index contributed by atoms with van der Waals surface area (Å²) in [6.45, 7) is 5.15. The van der Waals surface area contributed by atoms with Crippen molar-refractivity contribution in [1.29, 1.82) is 5.26 Å². The van der Waals surface area contributed by atoms with Crippen LogP contribution in [0.5, 0.6) is 0 Å². The molecule has 0 unspecified atom stereocenters. The van der Waals surface area contributed by atoms with E-state index in [2.05, 4.69) is 32.3 Å². The largest absolute Gasteiger partial charge is 0.383 e. The summed E-state index contributed by atoms with van der Waals surface area (Å²) in [7, 11) is -1.00. The minimum Gasteiger partial charge on any atom is -0.383 e. The number of aryl methyl sites for hydroxylation is 1. The Morgan fingerprint density at radius 3 is 2.48 bits per heavy atom. The van der Waals surface area contributed by atoms with Crippen LogP contribution in [0, 0.1) is 23.0 Å². The molecule has 204 valence electrons. The summed E-state index contributed by atoms with van der Waals surface area (Å²) in [6, 6.07) is 9.09. The lowest BCUT2D eigenvalue weighted by Crippen LogP contribution is -2.12. The molecule has 1 saturated heterocycles. The Bertz CT molecular complexity index is 1860. The number of nitriles is 1. The molecule has 4 aromatic rings. The zero-order chi connectivity index (χ0) is 28.8. The van der Waals surface area contributed by atoms with Crippen molar-refractivity contribution in [2.45, 2.75) is 19.8 Å². The lowest BCUT2D eigenvalue weighted by atomic mass is 9.97. The van der Waals surface area contributed by atoms with Crippen molar-refractivity contribution in [3.05, 3.63) is 66.0 Å². The van der Waals surface area contributed by atoms with Crippen LogP contribution >= 0.6 is 0 Å². The van der Waals surface area contributed by atoms with Crippen molar-refractivity contribution in [2.24, 2.45) is 11.4 Å². The number of aromatic nitrogens is 3. The Balaban J connectivity index is 1.74. The van der Waals surface area contributed by atoms with Gasteiger partial charge >= 0.3 is 0 Å². The van der Waals surface area contributed by atoms with Gasteiger partial charge in [0.05, 0.1) is 32.1 Å². The van der Waals surface area contributed by atoms with Crippen LogP contribution in [0.4, 0.5) is 26.0 Å². The fraction of sp³-hybridized carbons (Fsp3) is 0.214. The number of nitrogens with zero attached hydrogens (tertiary/aromatic N) is 5. The van der Waals surface area contributed by atoms with Gasteiger partial charge in [0.15, 0.2) is 11.6 Å². The zero-order valence-electron chi connectivity index (χ0n) is 21.8. The van der Waals surface area contributed by atoms with Crippen LogP contribution < -0.4 is 11.1 Å². The SMILES string of the molecule is C=C(C)C(=O)Nc1ccc(-c2c(-c3cc(F)c(N=S4(=O)CCCC4)c(F)c3)c3c(N)ncnc3n2C)cc1C#N. The van der Waals surface area contributed by atoms with Gasteiger partial charge in [-0.2, -0.15) is 9.62 Å². The van der Waals surface area contributed by atoms with Crippen LogP contribution in [-0.4, -0.2) is 36.2 Å². The molecule has 0 aliphatic carbocycles. The smallest absolute Gasteiger partial charge is 0.250 e. The molecule has 2 aromatic carbocycles. The van der Waals surface area contributed by atoms with Gasteiger partial charge in [-0.1, -0.05) is 12.6 Å². The number of halogens is 2. The number of anilines is 2. The normalized spacial score (nSPS) is 14.2. The van der Waals surface area contributed by atoms with Crippen LogP contribution in [0.1, 0.15) is 25.3 Å². The molecular weight excluding hydrogens is 536 g/mol. The molecule has 40 heavy (non-hydrogen) atoms. The number of benzene rings is 2. The Labute approximate surface area is 229 Å². The van der Waals surface area contributed by atoms with E-state index in [9.17, 15) is 14.3 Å². The number of nitrogens with one attached hydrogen (secondary N) is 1. The lowest BCUT2D eigenvalue weighted by molar-refractivity contribution is -0.112. The number of rotatable bonds is 5. The second kappa shape index (κ2) is 10.2. The van der Waals surface area contributed by atoms with Gasteiger partial charge in [0, 0.05) is 35.3 Å².